The van der Waals surface area contributed by atoms with Crippen LogP contribution in [0.3, 0.4) is 0 Å². The van der Waals surface area contributed by atoms with Gasteiger partial charge >= 0.3 is 0 Å². The van der Waals surface area contributed by atoms with Crippen LogP contribution in [0.2, 0.25) is 0 Å². The molecular weight excluding hydrogens is 258 g/mol. The number of hydrogen-bond acceptors (Lipinski definition) is 4. The first-order chi connectivity index (χ1) is 9.10. The Kier molecular flexibility index (Phi) is 4.12. The lowest BCUT2D eigenvalue weighted by molar-refractivity contribution is 0.101. The number of anilines is 1. The Balaban J connectivity index is 2.22. The van der Waals surface area contributed by atoms with Gasteiger partial charge in [0.05, 0.1) is 7.11 Å². The van der Waals surface area contributed by atoms with Crippen LogP contribution in [0, 0.1) is 0 Å². The second kappa shape index (κ2) is 5.80. The summed E-state index contributed by atoms with van der Waals surface area (Å²) in [6, 6.07) is 13.3. The number of nitrogen functional groups attached to an aromatic ring is 1. The second-order valence-corrected chi connectivity index (χ2v) is 5.23. The van der Waals surface area contributed by atoms with Gasteiger partial charge in [-0.05, 0) is 49.4 Å². The van der Waals surface area contributed by atoms with Crippen LogP contribution in [0.4, 0.5) is 5.69 Å². The molecular formula is C15H15NO2S. The number of rotatable bonds is 4. The van der Waals surface area contributed by atoms with Crippen LogP contribution in [0.5, 0.6) is 5.75 Å². The second-order valence-electron chi connectivity index (χ2n) is 4.08. The monoisotopic (exact) mass is 273 g/mol. The first-order valence-corrected chi connectivity index (χ1v) is 6.64. The molecule has 0 aliphatic carbocycles. The van der Waals surface area contributed by atoms with Crippen LogP contribution < -0.4 is 10.5 Å². The van der Waals surface area contributed by atoms with E-state index in [2.05, 4.69) is 0 Å². The van der Waals surface area contributed by atoms with Crippen LogP contribution in [-0.4, -0.2) is 12.9 Å². The van der Waals surface area contributed by atoms with Crippen molar-refractivity contribution in [1.82, 2.24) is 0 Å². The molecule has 0 saturated heterocycles. The lowest BCUT2D eigenvalue weighted by Crippen LogP contribution is -1.99. The molecule has 3 nitrogen and oxygen atoms in total. The Bertz CT molecular complexity index is 594. The first kappa shape index (κ1) is 13.5. The number of nitrogens with two attached hydrogens (primary N) is 1. The van der Waals surface area contributed by atoms with Crippen LogP contribution >= 0.6 is 11.8 Å². The van der Waals surface area contributed by atoms with E-state index in [4.69, 9.17) is 10.5 Å². The quantitative estimate of drug-likeness (QED) is 0.682. The molecule has 0 fully saturated rings. The number of ketones is 1. The molecule has 0 amide bonds. The van der Waals surface area contributed by atoms with Crippen molar-refractivity contribution in [3.05, 3.63) is 48.0 Å². The van der Waals surface area contributed by atoms with Gasteiger partial charge < -0.3 is 10.5 Å². The fourth-order valence-electron chi connectivity index (χ4n) is 1.68. The molecule has 2 N–H and O–H groups in total. The predicted molar refractivity (Wildman–Crippen MR) is 78.0 cm³/mol. The van der Waals surface area contributed by atoms with E-state index in [1.165, 1.54) is 6.92 Å². The summed E-state index contributed by atoms with van der Waals surface area (Å²) in [7, 11) is 1.64. The van der Waals surface area contributed by atoms with Crippen molar-refractivity contribution in [3.8, 4) is 5.75 Å². The van der Waals surface area contributed by atoms with Crippen molar-refractivity contribution in [3.63, 3.8) is 0 Å². The summed E-state index contributed by atoms with van der Waals surface area (Å²) in [6.07, 6.45) is 0. The van der Waals surface area contributed by atoms with Crippen LogP contribution in [0.25, 0.3) is 0 Å². The zero-order valence-corrected chi connectivity index (χ0v) is 11.7. The van der Waals surface area contributed by atoms with E-state index < -0.39 is 0 Å². The van der Waals surface area contributed by atoms with Crippen molar-refractivity contribution < 1.29 is 9.53 Å². The number of carbonyl (C=O) groups is 1. The SMILES string of the molecule is COc1ccc(Sc2ccc(N)c(C(C)=O)c2)cc1. The normalized spacial score (nSPS) is 10.2. The summed E-state index contributed by atoms with van der Waals surface area (Å²) in [4.78, 5) is 13.5. The molecule has 0 atom stereocenters. The van der Waals surface area contributed by atoms with Gasteiger partial charge in [-0.1, -0.05) is 11.8 Å². The molecule has 0 unspecified atom stereocenters. The van der Waals surface area contributed by atoms with Gasteiger partial charge in [-0.25, -0.2) is 0 Å². The highest BCUT2D eigenvalue weighted by Crippen LogP contribution is 2.31. The molecule has 0 aliphatic heterocycles. The maximum absolute atomic E-state index is 11.4. The average Bonchev–Trinajstić information content (AvgIpc) is 2.41. The molecule has 0 spiro atoms. The third kappa shape index (κ3) is 3.29. The topological polar surface area (TPSA) is 52.3 Å². The summed E-state index contributed by atoms with van der Waals surface area (Å²) in [6.45, 7) is 1.52. The van der Waals surface area contributed by atoms with Crippen LogP contribution in [0.1, 0.15) is 17.3 Å². The van der Waals surface area contributed by atoms with E-state index in [-0.39, 0.29) is 5.78 Å². The minimum atomic E-state index is -0.0188. The number of carbonyl (C=O) groups excluding carboxylic acids is 1. The Morgan fingerprint density at radius 1 is 1.11 bits per heavy atom. The van der Waals surface area contributed by atoms with Gasteiger partial charge in [0.25, 0.3) is 0 Å². The number of hydrogen-bond donors (Lipinski definition) is 1. The van der Waals surface area contributed by atoms with Gasteiger partial charge in [0.2, 0.25) is 0 Å². The van der Waals surface area contributed by atoms with E-state index in [1.54, 1.807) is 24.9 Å². The summed E-state index contributed by atoms with van der Waals surface area (Å²) in [5, 5.41) is 0. The molecule has 98 valence electrons. The Labute approximate surface area is 116 Å². The molecule has 0 heterocycles. The molecule has 2 aromatic carbocycles. The van der Waals surface area contributed by atoms with E-state index in [0.717, 1.165) is 15.5 Å². The molecule has 2 aromatic rings. The summed E-state index contributed by atoms with van der Waals surface area (Å²) in [5.41, 5.74) is 6.86. The molecule has 0 aliphatic rings. The molecule has 19 heavy (non-hydrogen) atoms. The molecule has 0 radical (unpaired) electrons. The molecule has 0 aromatic heterocycles. The summed E-state index contributed by atoms with van der Waals surface area (Å²) < 4.78 is 5.12. The standard InChI is InChI=1S/C15H15NO2S/c1-10(17)14-9-13(7-8-15(14)16)19-12-5-3-11(18-2)4-6-12/h3-9H,16H2,1-2H3. The summed E-state index contributed by atoms with van der Waals surface area (Å²) in [5.74, 6) is 0.806. The van der Waals surface area contributed by atoms with Crippen molar-refractivity contribution >= 4 is 23.2 Å². The van der Waals surface area contributed by atoms with Crippen molar-refractivity contribution in [2.45, 2.75) is 16.7 Å². The smallest absolute Gasteiger partial charge is 0.161 e. The van der Waals surface area contributed by atoms with Gasteiger partial charge in [0.15, 0.2) is 5.78 Å². The number of benzene rings is 2. The minimum Gasteiger partial charge on any atom is -0.497 e. The lowest BCUT2D eigenvalue weighted by Gasteiger charge is -2.07. The van der Waals surface area contributed by atoms with E-state index in [1.807, 2.05) is 36.4 Å². The predicted octanol–water partition coefficient (Wildman–Crippen LogP) is 3.63. The van der Waals surface area contributed by atoms with Crippen molar-refractivity contribution in [2.75, 3.05) is 12.8 Å². The lowest BCUT2D eigenvalue weighted by atomic mass is 10.1. The highest BCUT2D eigenvalue weighted by molar-refractivity contribution is 7.99. The van der Waals surface area contributed by atoms with Gasteiger partial charge in [-0.2, -0.15) is 0 Å². The van der Waals surface area contributed by atoms with Gasteiger partial charge in [0, 0.05) is 21.0 Å². The Hall–Kier alpha value is -1.94. The third-order valence-electron chi connectivity index (χ3n) is 2.70. The van der Waals surface area contributed by atoms with Crippen LogP contribution in [0.15, 0.2) is 52.3 Å². The van der Waals surface area contributed by atoms with Gasteiger partial charge in [0.1, 0.15) is 5.75 Å². The maximum Gasteiger partial charge on any atom is 0.161 e. The number of ether oxygens (including phenoxy) is 1. The third-order valence-corrected chi connectivity index (χ3v) is 3.70. The van der Waals surface area contributed by atoms with Crippen molar-refractivity contribution in [1.29, 1.82) is 0 Å². The Morgan fingerprint density at radius 2 is 1.74 bits per heavy atom. The minimum absolute atomic E-state index is 0.0188. The van der Waals surface area contributed by atoms with E-state index in [9.17, 15) is 4.79 Å². The molecule has 0 bridgehead atoms. The maximum atomic E-state index is 11.4. The molecule has 2 rings (SSSR count). The number of Topliss-reactive ketones (excluding diaryl/α,β-unsaturated/α-hetero) is 1. The fraction of sp³-hybridized carbons (Fsp3) is 0.133. The zero-order chi connectivity index (χ0) is 13.8. The van der Waals surface area contributed by atoms with Crippen molar-refractivity contribution in [2.24, 2.45) is 0 Å². The highest BCUT2D eigenvalue weighted by atomic mass is 32.2. The number of methoxy groups -OCH3 is 1. The fourth-order valence-corrected chi connectivity index (χ4v) is 2.54. The van der Waals surface area contributed by atoms with Gasteiger partial charge in [-0.3, -0.25) is 4.79 Å². The van der Waals surface area contributed by atoms with Gasteiger partial charge in [-0.15, -0.1) is 0 Å². The largest absolute Gasteiger partial charge is 0.497 e. The first-order valence-electron chi connectivity index (χ1n) is 5.82. The Morgan fingerprint density at radius 3 is 2.32 bits per heavy atom. The van der Waals surface area contributed by atoms with Crippen LogP contribution in [-0.2, 0) is 0 Å². The van der Waals surface area contributed by atoms with E-state index in [0.29, 0.717) is 11.3 Å². The average molecular weight is 273 g/mol. The molecule has 4 heteroatoms. The zero-order valence-electron chi connectivity index (χ0n) is 10.8. The summed E-state index contributed by atoms with van der Waals surface area (Å²) >= 11 is 1.58. The van der Waals surface area contributed by atoms with E-state index >= 15 is 0 Å². The molecule has 0 saturated carbocycles. The highest BCUT2D eigenvalue weighted by Gasteiger charge is 2.07.